The fourth-order valence-corrected chi connectivity index (χ4v) is 2.33. The summed E-state index contributed by atoms with van der Waals surface area (Å²) in [5.41, 5.74) is -0.219. The number of carbonyl (C=O) groups excluding carboxylic acids is 1. The van der Waals surface area contributed by atoms with Crippen LogP contribution in [0.5, 0.6) is 0 Å². The van der Waals surface area contributed by atoms with Gasteiger partial charge in [0.1, 0.15) is 0 Å². The number of hydrogen-bond donors (Lipinski definition) is 2. The van der Waals surface area contributed by atoms with Crippen LogP contribution in [0.1, 0.15) is 41.0 Å². The Kier molecular flexibility index (Phi) is 4.96. The van der Waals surface area contributed by atoms with Gasteiger partial charge >= 0.3 is 5.97 Å². The van der Waals surface area contributed by atoms with Crippen molar-refractivity contribution in [1.29, 1.82) is 0 Å². The van der Waals surface area contributed by atoms with Gasteiger partial charge in [-0.2, -0.15) is 0 Å². The van der Waals surface area contributed by atoms with E-state index in [1.807, 2.05) is 39.5 Å². The molecule has 1 heterocycles. The molecule has 110 valence electrons. The number of nitrogens with one attached hydrogen (secondary N) is 1. The molecule has 1 rings (SSSR count). The standard InChI is InChI=1S/C14H26N2O3/c1-6-14(4,5)15-12(17)10(3)16-7-9(2)11(8-16)13(18)19/h9-11H,6-8H2,1-5H3,(H,15,17)(H,18,19)/t9-,10?,11-/m1/s1. The zero-order valence-corrected chi connectivity index (χ0v) is 12.6. The molecular weight excluding hydrogens is 244 g/mol. The van der Waals surface area contributed by atoms with Crippen LogP contribution in [0, 0.1) is 11.8 Å². The van der Waals surface area contributed by atoms with Crippen LogP contribution >= 0.6 is 0 Å². The summed E-state index contributed by atoms with van der Waals surface area (Å²) >= 11 is 0. The second-order valence-electron chi connectivity index (χ2n) is 6.28. The first-order valence-corrected chi connectivity index (χ1v) is 6.97. The molecule has 5 heteroatoms. The van der Waals surface area contributed by atoms with Gasteiger partial charge in [0.25, 0.3) is 0 Å². The summed E-state index contributed by atoms with van der Waals surface area (Å²) in [7, 11) is 0. The first kappa shape index (κ1) is 16.0. The summed E-state index contributed by atoms with van der Waals surface area (Å²) in [6.45, 7) is 10.9. The lowest BCUT2D eigenvalue weighted by atomic mass is 9.99. The molecule has 0 bridgehead atoms. The minimum atomic E-state index is -0.767. The molecule has 0 saturated carbocycles. The molecule has 5 nitrogen and oxygen atoms in total. The van der Waals surface area contributed by atoms with Gasteiger partial charge < -0.3 is 10.4 Å². The van der Waals surface area contributed by atoms with Crippen LogP contribution in [0.4, 0.5) is 0 Å². The average molecular weight is 270 g/mol. The third-order valence-corrected chi connectivity index (χ3v) is 4.23. The van der Waals surface area contributed by atoms with Crippen molar-refractivity contribution in [3.63, 3.8) is 0 Å². The maximum atomic E-state index is 12.2. The van der Waals surface area contributed by atoms with Crippen LogP contribution < -0.4 is 5.32 Å². The van der Waals surface area contributed by atoms with Gasteiger partial charge in [0.2, 0.25) is 5.91 Å². The van der Waals surface area contributed by atoms with Crippen molar-refractivity contribution < 1.29 is 14.7 Å². The predicted octanol–water partition coefficient (Wildman–Crippen LogP) is 1.33. The molecule has 0 aromatic carbocycles. The molecule has 0 spiro atoms. The van der Waals surface area contributed by atoms with Gasteiger partial charge in [-0.15, -0.1) is 0 Å². The summed E-state index contributed by atoms with van der Waals surface area (Å²) in [4.78, 5) is 25.2. The van der Waals surface area contributed by atoms with Crippen LogP contribution in [0.3, 0.4) is 0 Å². The number of amides is 1. The average Bonchev–Trinajstić information content (AvgIpc) is 2.69. The van der Waals surface area contributed by atoms with Gasteiger partial charge in [-0.3, -0.25) is 14.5 Å². The van der Waals surface area contributed by atoms with Crippen LogP contribution in [-0.2, 0) is 9.59 Å². The molecule has 1 aliphatic heterocycles. The largest absolute Gasteiger partial charge is 0.481 e. The van der Waals surface area contributed by atoms with Crippen molar-refractivity contribution in [3.05, 3.63) is 0 Å². The molecule has 1 aliphatic rings. The number of carbonyl (C=O) groups is 2. The third kappa shape index (κ3) is 3.93. The highest BCUT2D eigenvalue weighted by atomic mass is 16.4. The molecule has 0 radical (unpaired) electrons. The lowest BCUT2D eigenvalue weighted by Gasteiger charge is -2.30. The summed E-state index contributed by atoms with van der Waals surface area (Å²) in [5, 5.41) is 12.1. The van der Waals surface area contributed by atoms with Crippen LogP contribution in [0.2, 0.25) is 0 Å². The van der Waals surface area contributed by atoms with E-state index < -0.39 is 5.97 Å². The molecule has 1 saturated heterocycles. The number of rotatable bonds is 5. The van der Waals surface area contributed by atoms with E-state index in [0.717, 1.165) is 6.42 Å². The SMILES string of the molecule is CCC(C)(C)NC(=O)C(C)N1C[C@@H](C)[C@H](C(=O)O)C1. The Morgan fingerprint density at radius 3 is 2.42 bits per heavy atom. The van der Waals surface area contributed by atoms with Gasteiger partial charge in [0.05, 0.1) is 12.0 Å². The van der Waals surface area contributed by atoms with Crippen molar-refractivity contribution in [2.75, 3.05) is 13.1 Å². The lowest BCUT2D eigenvalue weighted by Crippen LogP contribution is -2.51. The van der Waals surface area contributed by atoms with E-state index in [4.69, 9.17) is 5.11 Å². The van der Waals surface area contributed by atoms with Gasteiger partial charge in [-0.05, 0) is 33.1 Å². The van der Waals surface area contributed by atoms with Gasteiger partial charge in [-0.25, -0.2) is 0 Å². The summed E-state index contributed by atoms with van der Waals surface area (Å²) in [5.74, 6) is -1.07. The highest BCUT2D eigenvalue weighted by Gasteiger charge is 2.38. The Balaban J connectivity index is 2.62. The number of nitrogens with zero attached hydrogens (tertiary/aromatic N) is 1. The van der Waals surface area contributed by atoms with Gasteiger partial charge in [0, 0.05) is 18.6 Å². The van der Waals surface area contributed by atoms with E-state index in [-0.39, 0.29) is 29.3 Å². The summed E-state index contributed by atoms with van der Waals surface area (Å²) in [6, 6.07) is -0.280. The normalized spacial score (nSPS) is 26.2. The molecule has 0 aromatic heterocycles. The number of carboxylic acids is 1. The Bertz CT molecular complexity index is 355. The molecule has 1 unspecified atom stereocenters. The second kappa shape index (κ2) is 5.90. The number of hydrogen-bond acceptors (Lipinski definition) is 3. The van der Waals surface area contributed by atoms with Crippen LogP contribution in [0.15, 0.2) is 0 Å². The monoisotopic (exact) mass is 270 g/mol. The highest BCUT2D eigenvalue weighted by molar-refractivity contribution is 5.82. The Labute approximate surface area is 115 Å². The van der Waals surface area contributed by atoms with Gasteiger partial charge in [-0.1, -0.05) is 13.8 Å². The number of aliphatic carboxylic acids is 1. The van der Waals surface area contributed by atoms with Crippen molar-refractivity contribution in [2.24, 2.45) is 11.8 Å². The molecular formula is C14H26N2O3. The van der Waals surface area contributed by atoms with E-state index in [2.05, 4.69) is 5.32 Å². The van der Waals surface area contributed by atoms with E-state index in [9.17, 15) is 9.59 Å². The van der Waals surface area contributed by atoms with Crippen molar-refractivity contribution in [3.8, 4) is 0 Å². The minimum absolute atomic E-state index is 0.0231. The maximum absolute atomic E-state index is 12.2. The third-order valence-electron chi connectivity index (χ3n) is 4.23. The molecule has 19 heavy (non-hydrogen) atoms. The fraction of sp³-hybridized carbons (Fsp3) is 0.857. The Morgan fingerprint density at radius 2 is 2.00 bits per heavy atom. The van der Waals surface area contributed by atoms with Crippen molar-refractivity contribution >= 4 is 11.9 Å². The van der Waals surface area contributed by atoms with Gasteiger partial charge in [0.15, 0.2) is 0 Å². The van der Waals surface area contributed by atoms with E-state index in [1.165, 1.54) is 0 Å². The number of likely N-dealkylation sites (tertiary alicyclic amines) is 1. The summed E-state index contributed by atoms with van der Waals surface area (Å²) in [6.07, 6.45) is 0.861. The van der Waals surface area contributed by atoms with Crippen LogP contribution in [-0.4, -0.2) is 46.6 Å². The molecule has 0 aliphatic carbocycles. The Hall–Kier alpha value is -1.10. The molecule has 2 N–H and O–H groups in total. The predicted molar refractivity (Wildman–Crippen MR) is 73.8 cm³/mol. The Morgan fingerprint density at radius 1 is 1.42 bits per heavy atom. The minimum Gasteiger partial charge on any atom is -0.481 e. The second-order valence-corrected chi connectivity index (χ2v) is 6.28. The quantitative estimate of drug-likeness (QED) is 0.791. The molecule has 3 atom stereocenters. The van der Waals surface area contributed by atoms with Crippen molar-refractivity contribution in [2.45, 2.75) is 52.6 Å². The maximum Gasteiger partial charge on any atom is 0.308 e. The lowest BCUT2D eigenvalue weighted by molar-refractivity contribution is -0.142. The molecule has 1 amide bonds. The first-order chi connectivity index (χ1) is 8.68. The smallest absolute Gasteiger partial charge is 0.308 e. The van der Waals surface area contributed by atoms with Crippen LogP contribution in [0.25, 0.3) is 0 Å². The topological polar surface area (TPSA) is 69.6 Å². The molecule has 0 aromatic rings. The fourth-order valence-electron chi connectivity index (χ4n) is 2.33. The highest BCUT2D eigenvalue weighted by Crippen LogP contribution is 2.25. The summed E-state index contributed by atoms with van der Waals surface area (Å²) < 4.78 is 0. The van der Waals surface area contributed by atoms with Crippen molar-refractivity contribution in [1.82, 2.24) is 10.2 Å². The zero-order chi connectivity index (χ0) is 14.8. The number of carboxylic acid groups (broad SMARTS) is 1. The zero-order valence-electron chi connectivity index (χ0n) is 12.6. The van der Waals surface area contributed by atoms with E-state index in [1.54, 1.807) is 0 Å². The first-order valence-electron chi connectivity index (χ1n) is 6.97. The van der Waals surface area contributed by atoms with E-state index in [0.29, 0.717) is 13.1 Å². The van der Waals surface area contributed by atoms with E-state index >= 15 is 0 Å². The molecule has 1 fully saturated rings.